The van der Waals surface area contributed by atoms with Crippen LogP contribution in [0.25, 0.3) is 0 Å². The molecule has 10 heteroatoms. The largest absolute Gasteiger partial charge is 0.378 e. The molecule has 2 aliphatic heterocycles. The van der Waals surface area contributed by atoms with Gasteiger partial charge in [0.15, 0.2) is 0 Å². The molecule has 1 fully saturated rings. The van der Waals surface area contributed by atoms with E-state index in [1.807, 2.05) is 4.90 Å². The van der Waals surface area contributed by atoms with Gasteiger partial charge in [-0.25, -0.2) is 4.39 Å². The van der Waals surface area contributed by atoms with Crippen molar-refractivity contribution >= 4 is 29.3 Å². The second kappa shape index (κ2) is 7.63. The Bertz CT molecular complexity index is 1030. The molecule has 152 valence electrons. The van der Waals surface area contributed by atoms with Gasteiger partial charge in [-0.3, -0.25) is 19.4 Å². The molecule has 1 saturated heterocycles. The quantitative estimate of drug-likeness (QED) is 0.710. The van der Waals surface area contributed by atoms with Gasteiger partial charge in [-0.2, -0.15) is 4.98 Å². The van der Waals surface area contributed by atoms with Crippen LogP contribution in [0.2, 0.25) is 0 Å². The van der Waals surface area contributed by atoms with Gasteiger partial charge in [0, 0.05) is 19.5 Å². The van der Waals surface area contributed by atoms with Gasteiger partial charge in [0.1, 0.15) is 11.6 Å². The second-order valence-electron chi connectivity index (χ2n) is 7.03. The first-order valence-corrected chi connectivity index (χ1v) is 9.26. The van der Waals surface area contributed by atoms with E-state index in [-0.39, 0.29) is 23.5 Å². The van der Waals surface area contributed by atoms with Gasteiger partial charge >= 0.3 is 0 Å². The number of halogens is 1. The lowest BCUT2D eigenvalue weighted by Gasteiger charge is -2.29. The smallest absolute Gasteiger partial charge is 0.258 e. The lowest BCUT2D eigenvalue weighted by molar-refractivity contribution is -0.123. The van der Waals surface area contributed by atoms with Gasteiger partial charge in [0.25, 0.3) is 5.56 Å². The van der Waals surface area contributed by atoms with E-state index in [1.54, 1.807) is 13.0 Å². The van der Waals surface area contributed by atoms with Crippen molar-refractivity contribution in [1.29, 1.82) is 0 Å². The molecule has 3 heterocycles. The predicted octanol–water partition coefficient (Wildman–Crippen LogP) is 1.12. The van der Waals surface area contributed by atoms with Crippen LogP contribution in [0.4, 0.5) is 21.8 Å². The molecular formula is C19H20FN5O4. The van der Waals surface area contributed by atoms with Crippen LogP contribution >= 0.6 is 0 Å². The van der Waals surface area contributed by atoms with Gasteiger partial charge in [0.2, 0.25) is 17.8 Å². The Balaban J connectivity index is 1.65. The molecule has 1 atom stereocenters. The van der Waals surface area contributed by atoms with Crippen molar-refractivity contribution in [3.8, 4) is 0 Å². The first kappa shape index (κ1) is 19.1. The summed E-state index contributed by atoms with van der Waals surface area (Å²) in [6.07, 6.45) is -0.228. The minimum absolute atomic E-state index is 0.0116. The number of H-pyrrole nitrogens is 1. The summed E-state index contributed by atoms with van der Waals surface area (Å²) in [6, 6.07) is 4.39. The summed E-state index contributed by atoms with van der Waals surface area (Å²) in [5.74, 6) is -2.38. The highest BCUT2D eigenvalue weighted by molar-refractivity contribution is 6.04. The first-order valence-electron chi connectivity index (χ1n) is 9.26. The fraction of sp³-hybridized carbons (Fsp3) is 0.368. The number of hydrogen-bond donors (Lipinski definition) is 3. The summed E-state index contributed by atoms with van der Waals surface area (Å²) >= 11 is 0. The van der Waals surface area contributed by atoms with E-state index in [4.69, 9.17) is 4.74 Å². The van der Waals surface area contributed by atoms with Crippen LogP contribution in [0.3, 0.4) is 0 Å². The van der Waals surface area contributed by atoms with E-state index in [1.165, 1.54) is 12.1 Å². The van der Waals surface area contributed by atoms with Gasteiger partial charge in [-0.1, -0.05) is 6.07 Å². The third-order valence-corrected chi connectivity index (χ3v) is 4.95. The van der Waals surface area contributed by atoms with E-state index in [9.17, 15) is 18.8 Å². The molecule has 2 aliphatic rings. The Morgan fingerprint density at radius 1 is 1.31 bits per heavy atom. The van der Waals surface area contributed by atoms with Gasteiger partial charge in [-0.05, 0) is 24.6 Å². The Morgan fingerprint density at radius 2 is 2.07 bits per heavy atom. The molecule has 1 unspecified atom stereocenters. The number of benzene rings is 1. The fourth-order valence-corrected chi connectivity index (χ4v) is 3.45. The van der Waals surface area contributed by atoms with Crippen molar-refractivity contribution in [3.05, 3.63) is 45.5 Å². The number of hydrogen-bond acceptors (Lipinski definition) is 6. The minimum Gasteiger partial charge on any atom is -0.378 e. The number of aryl methyl sites for hydroxylation is 1. The SMILES string of the molecule is Cc1ccc(NC(=O)C2CC(=O)Nc3nc(N4CCOCC4)[nH]c(=O)c32)c(F)c1. The Hall–Kier alpha value is -3.27. The molecule has 0 spiro atoms. The van der Waals surface area contributed by atoms with E-state index in [0.717, 1.165) is 0 Å². The number of amides is 2. The Kier molecular flexibility index (Phi) is 5.01. The normalized spacial score (nSPS) is 18.8. The highest BCUT2D eigenvalue weighted by atomic mass is 19.1. The van der Waals surface area contributed by atoms with Gasteiger partial charge in [0.05, 0.1) is 30.4 Å². The van der Waals surface area contributed by atoms with Crippen LogP contribution in [0, 0.1) is 12.7 Å². The van der Waals surface area contributed by atoms with Crippen molar-refractivity contribution in [2.45, 2.75) is 19.3 Å². The number of anilines is 3. The maximum atomic E-state index is 14.1. The molecule has 2 aromatic rings. The van der Waals surface area contributed by atoms with Crippen LogP contribution in [-0.4, -0.2) is 48.1 Å². The minimum atomic E-state index is -1.07. The molecule has 0 bridgehead atoms. The fourth-order valence-electron chi connectivity index (χ4n) is 3.45. The summed E-state index contributed by atoms with van der Waals surface area (Å²) in [4.78, 5) is 46.6. The zero-order chi connectivity index (χ0) is 20.5. The Labute approximate surface area is 165 Å². The van der Waals surface area contributed by atoms with E-state index in [2.05, 4.69) is 20.6 Å². The number of nitrogens with one attached hydrogen (secondary N) is 3. The van der Waals surface area contributed by atoms with Gasteiger partial charge in [-0.15, -0.1) is 0 Å². The number of morpholine rings is 1. The molecule has 1 aromatic carbocycles. The van der Waals surface area contributed by atoms with E-state index < -0.39 is 29.1 Å². The second-order valence-corrected chi connectivity index (χ2v) is 7.03. The molecule has 4 rings (SSSR count). The molecule has 0 aliphatic carbocycles. The molecule has 9 nitrogen and oxygen atoms in total. The maximum Gasteiger partial charge on any atom is 0.258 e. The monoisotopic (exact) mass is 401 g/mol. The summed E-state index contributed by atoms with van der Waals surface area (Å²) < 4.78 is 19.4. The van der Waals surface area contributed by atoms with Crippen molar-refractivity contribution in [2.24, 2.45) is 0 Å². The van der Waals surface area contributed by atoms with Crippen LogP contribution in [0.1, 0.15) is 23.5 Å². The third-order valence-electron chi connectivity index (χ3n) is 4.95. The molecule has 3 N–H and O–H groups in total. The maximum absolute atomic E-state index is 14.1. The summed E-state index contributed by atoms with van der Waals surface area (Å²) in [6.45, 7) is 3.83. The predicted molar refractivity (Wildman–Crippen MR) is 104 cm³/mol. The summed E-state index contributed by atoms with van der Waals surface area (Å²) in [5, 5.41) is 5.04. The molecular weight excluding hydrogens is 381 g/mol. The number of fused-ring (bicyclic) bond motifs is 1. The number of ether oxygens (including phenoxy) is 1. The highest BCUT2D eigenvalue weighted by Crippen LogP contribution is 2.30. The number of rotatable bonds is 3. The number of carbonyl (C=O) groups excluding carboxylic acids is 2. The molecule has 1 aromatic heterocycles. The summed E-state index contributed by atoms with van der Waals surface area (Å²) in [5.41, 5.74) is 0.245. The van der Waals surface area contributed by atoms with Crippen LogP contribution in [-0.2, 0) is 14.3 Å². The molecule has 0 saturated carbocycles. The number of nitrogens with zero attached hydrogens (tertiary/aromatic N) is 2. The average molecular weight is 401 g/mol. The lowest BCUT2D eigenvalue weighted by Crippen LogP contribution is -2.41. The van der Waals surface area contributed by atoms with Crippen molar-refractivity contribution in [2.75, 3.05) is 41.8 Å². The van der Waals surface area contributed by atoms with Crippen LogP contribution in [0.15, 0.2) is 23.0 Å². The Morgan fingerprint density at radius 3 is 2.79 bits per heavy atom. The van der Waals surface area contributed by atoms with Crippen molar-refractivity contribution in [1.82, 2.24) is 9.97 Å². The lowest BCUT2D eigenvalue weighted by atomic mass is 9.92. The number of carbonyl (C=O) groups is 2. The van der Waals surface area contributed by atoms with E-state index >= 15 is 0 Å². The molecule has 0 radical (unpaired) electrons. The number of aromatic amines is 1. The average Bonchev–Trinajstić information content (AvgIpc) is 2.69. The standard InChI is InChI=1S/C19H20FN5O4/c1-10-2-3-13(12(20)8-10)21-17(27)11-9-14(26)22-16-15(11)18(28)24-19(23-16)25-4-6-29-7-5-25/h2-3,8,11H,4-7,9H2,1H3,(H,21,27)(H2,22,23,24,26,28). The van der Waals surface area contributed by atoms with E-state index in [0.29, 0.717) is 37.8 Å². The van der Waals surface area contributed by atoms with Crippen LogP contribution in [0.5, 0.6) is 0 Å². The van der Waals surface area contributed by atoms with Gasteiger partial charge < -0.3 is 20.3 Å². The van der Waals surface area contributed by atoms with Crippen LogP contribution < -0.4 is 21.1 Å². The molecule has 2 amide bonds. The zero-order valence-corrected chi connectivity index (χ0v) is 15.8. The topological polar surface area (TPSA) is 116 Å². The zero-order valence-electron chi connectivity index (χ0n) is 15.8. The third kappa shape index (κ3) is 3.83. The first-order chi connectivity index (χ1) is 13.9. The summed E-state index contributed by atoms with van der Waals surface area (Å²) in [7, 11) is 0. The van der Waals surface area contributed by atoms with Crippen molar-refractivity contribution in [3.63, 3.8) is 0 Å². The highest BCUT2D eigenvalue weighted by Gasteiger charge is 2.35. The molecule has 29 heavy (non-hydrogen) atoms. The number of aromatic nitrogens is 2. The van der Waals surface area contributed by atoms with Crippen molar-refractivity contribution < 1.29 is 18.7 Å².